The van der Waals surface area contributed by atoms with Gasteiger partial charge < -0.3 is 15.6 Å². The number of carbonyl (C=O) groups excluding carboxylic acids is 2. The lowest BCUT2D eigenvalue weighted by Gasteiger charge is -2.24. The number of ether oxygens (including phenoxy) is 1. The van der Waals surface area contributed by atoms with E-state index in [-0.39, 0.29) is 24.3 Å². The molecule has 0 bridgehead atoms. The van der Waals surface area contributed by atoms with Crippen LogP contribution in [0.3, 0.4) is 0 Å². The van der Waals surface area contributed by atoms with Crippen molar-refractivity contribution in [3.63, 3.8) is 0 Å². The molecule has 0 saturated carbocycles. The predicted octanol–water partition coefficient (Wildman–Crippen LogP) is 0.579. The van der Waals surface area contributed by atoms with E-state index >= 15 is 0 Å². The van der Waals surface area contributed by atoms with Crippen molar-refractivity contribution in [3.8, 4) is 5.75 Å². The van der Waals surface area contributed by atoms with E-state index in [1.165, 1.54) is 6.92 Å². The fourth-order valence-electron chi connectivity index (χ4n) is 2.69. The fraction of sp³-hybridized carbons (Fsp3) is 0.500. The van der Waals surface area contributed by atoms with E-state index in [0.29, 0.717) is 17.9 Å². The van der Waals surface area contributed by atoms with E-state index < -0.39 is 6.10 Å². The number of aliphatic hydroxyl groups excluding tert-OH is 1. The molecule has 2 unspecified atom stereocenters. The minimum atomic E-state index is -0.721. The highest BCUT2D eigenvalue weighted by atomic mass is 16.5. The number of nitrogens with two attached hydrogens (primary N) is 1. The molecular weight excluding hydrogens is 284 g/mol. The minimum Gasteiger partial charge on any atom is -0.491 e. The molecule has 120 valence electrons. The van der Waals surface area contributed by atoms with Gasteiger partial charge in [0.2, 0.25) is 5.91 Å². The normalized spacial score (nSPS) is 19.8. The van der Waals surface area contributed by atoms with Gasteiger partial charge in [-0.15, -0.1) is 0 Å². The maximum Gasteiger partial charge on any atom is 0.234 e. The number of rotatable bonds is 7. The molecule has 1 saturated heterocycles. The molecule has 1 fully saturated rings. The Kier molecular flexibility index (Phi) is 5.51. The Morgan fingerprint density at radius 2 is 2.27 bits per heavy atom. The van der Waals surface area contributed by atoms with Crippen molar-refractivity contribution in [1.82, 2.24) is 4.90 Å². The van der Waals surface area contributed by atoms with Crippen molar-refractivity contribution >= 4 is 11.7 Å². The number of Topliss-reactive ketones (excluding diaryl/α,β-unsaturated/α-hetero) is 1. The maximum absolute atomic E-state index is 11.3. The van der Waals surface area contributed by atoms with Gasteiger partial charge in [-0.25, -0.2) is 0 Å². The number of β-amino-alcohol motifs (C(OH)–C–C–N with tert-alkyl or cyclic N) is 1. The van der Waals surface area contributed by atoms with E-state index in [2.05, 4.69) is 0 Å². The second-order valence-corrected chi connectivity index (χ2v) is 5.60. The standard InChI is InChI=1S/C16H22N2O4/c1-11(19)12-4-2-5-14(8-12)22-10-13(20)9-18-7-3-6-15(18)16(17)21/h2,4-5,8,13,15,20H,3,6-7,9-10H2,1H3,(H2,17,21). The summed E-state index contributed by atoms with van der Waals surface area (Å²) in [6.45, 7) is 2.69. The number of likely N-dealkylation sites (tertiary alicyclic amines) is 1. The number of ketones is 1. The molecule has 1 aliphatic rings. The van der Waals surface area contributed by atoms with Crippen LogP contribution >= 0.6 is 0 Å². The number of hydrogen-bond acceptors (Lipinski definition) is 5. The topological polar surface area (TPSA) is 92.9 Å². The van der Waals surface area contributed by atoms with Crippen LogP contribution < -0.4 is 10.5 Å². The van der Waals surface area contributed by atoms with Gasteiger partial charge in [0.15, 0.2) is 5.78 Å². The lowest BCUT2D eigenvalue weighted by molar-refractivity contribution is -0.122. The zero-order chi connectivity index (χ0) is 16.1. The van der Waals surface area contributed by atoms with Gasteiger partial charge in [-0.2, -0.15) is 0 Å². The molecule has 1 heterocycles. The molecule has 22 heavy (non-hydrogen) atoms. The average molecular weight is 306 g/mol. The van der Waals surface area contributed by atoms with Crippen LogP contribution in [0.1, 0.15) is 30.1 Å². The van der Waals surface area contributed by atoms with Crippen LogP contribution in [0.4, 0.5) is 0 Å². The summed E-state index contributed by atoms with van der Waals surface area (Å²) in [5, 5.41) is 10.1. The third kappa shape index (κ3) is 4.29. The molecule has 3 N–H and O–H groups in total. The number of primary amides is 1. The van der Waals surface area contributed by atoms with Crippen LogP contribution in [-0.2, 0) is 4.79 Å². The van der Waals surface area contributed by atoms with Gasteiger partial charge >= 0.3 is 0 Å². The summed E-state index contributed by atoms with van der Waals surface area (Å²) in [7, 11) is 0. The van der Waals surface area contributed by atoms with Crippen molar-refractivity contribution in [2.24, 2.45) is 5.73 Å². The van der Waals surface area contributed by atoms with Crippen molar-refractivity contribution in [2.75, 3.05) is 19.7 Å². The average Bonchev–Trinajstić information content (AvgIpc) is 2.93. The van der Waals surface area contributed by atoms with E-state index in [1.807, 2.05) is 4.90 Å². The van der Waals surface area contributed by atoms with E-state index in [1.54, 1.807) is 24.3 Å². The van der Waals surface area contributed by atoms with Crippen molar-refractivity contribution in [1.29, 1.82) is 0 Å². The third-order valence-corrected chi connectivity index (χ3v) is 3.82. The molecule has 0 aliphatic carbocycles. The van der Waals surface area contributed by atoms with E-state index in [9.17, 15) is 14.7 Å². The van der Waals surface area contributed by atoms with Crippen molar-refractivity contribution < 1.29 is 19.4 Å². The number of benzene rings is 1. The highest BCUT2D eigenvalue weighted by molar-refractivity contribution is 5.94. The van der Waals surface area contributed by atoms with Crippen LogP contribution in [0.2, 0.25) is 0 Å². The summed E-state index contributed by atoms with van der Waals surface area (Å²) in [4.78, 5) is 24.5. The Bertz CT molecular complexity index is 547. The number of carbonyl (C=O) groups is 2. The van der Waals surface area contributed by atoms with Gasteiger partial charge in [-0.3, -0.25) is 14.5 Å². The zero-order valence-electron chi connectivity index (χ0n) is 12.7. The Balaban J connectivity index is 1.85. The molecule has 1 aromatic carbocycles. The predicted molar refractivity (Wildman–Crippen MR) is 81.7 cm³/mol. The van der Waals surface area contributed by atoms with Crippen molar-refractivity contribution in [2.45, 2.75) is 31.9 Å². The highest BCUT2D eigenvalue weighted by Crippen LogP contribution is 2.18. The van der Waals surface area contributed by atoms with Gasteiger partial charge in [0.05, 0.1) is 6.04 Å². The monoisotopic (exact) mass is 306 g/mol. The van der Waals surface area contributed by atoms with Gasteiger partial charge in [-0.1, -0.05) is 12.1 Å². The first-order valence-corrected chi connectivity index (χ1v) is 7.42. The number of nitrogens with zero attached hydrogens (tertiary/aromatic N) is 1. The van der Waals surface area contributed by atoms with Crippen LogP contribution in [0, 0.1) is 0 Å². The number of amides is 1. The van der Waals surface area contributed by atoms with Gasteiger partial charge in [0, 0.05) is 12.1 Å². The number of aliphatic hydroxyl groups is 1. The van der Waals surface area contributed by atoms with E-state index in [0.717, 1.165) is 19.4 Å². The van der Waals surface area contributed by atoms with E-state index in [4.69, 9.17) is 10.5 Å². The zero-order valence-corrected chi connectivity index (χ0v) is 12.7. The quantitative estimate of drug-likeness (QED) is 0.719. The Hall–Kier alpha value is -1.92. The number of hydrogen-bond donors (Lipinski definition) is 2. The summed E-state index contributed by atoms with van der Waals surface area (Å²) in [6, 6.07) is 6.55. The minimum absolute atomic E-state index is 0.0348. The first kappa shape index (κ1) is 16.5. The second-order valence-electron chi connectivity index (χ2n) is 5.60. The van der Waals surface area contributed by atoms with Crippen LogP contribution in [0.15, 0.2) is 24.3 Å². The summed E-state index contributed by atoms with van der Waals surface area (Å²) in [6.07, 6.45) is 0.923. The summed E-state index contributed by atoms with van der Waals surface area (Å²) < 4.78 is 5.52. The van der Waals surface area contributed by atoms with Gasteiger partial charge in [0.25, 0.3) is 0 Å². The summed E-state index contributed by atoms with van der Waals surface area (Å²) in [5.41, 5.74) is 5.92. The van der Waals surface area contributed by atoms with Crippen LogP contribution in [-0.4, -0.2) is 53.5 Å². The smallest absolute Gasteiger partial charge is 0.234 e. The van der Waals surface area contributed by atoms with Crippen molar-refractivity contribution in [3.05, 3.63) is 29.8 Å². The largest absolute Gasteiger partial charge is 0.491 e. The Morgan fingerprint density at radius 1 is 1.50 bits per heavy atom. The molecular formula is C16H22N2O4. The Morgan fingerprint density at radius 3 is 2.95 bits per heavy atom. The molecule has 0 radical (unpaired) electrons. The first-order valence-electron chi connectivity index (χ1n) is 7.42. The lowest BCUT2D eigenvalue weighted by Crippen LogP contribution is -2.44. The van der Waals surface area contributed by atoms with Crippen LogP contribution in [0.5, 0.6) is 5.75 Å². The van der Waals surface area contributed by atoms with Gasteiger partial charge in [-0.05, 0) is 38.4 Å². The maximum atomic E-state index is 11.3. The molecule has 0 spiro atoms. The Labute approximate surface area is 129 Å². The lowest BCUT2D eigenvalue weighted by atomic mass is 10.1. The molecule has 6 heteroatoms. The molecule has 6 nitrogen and oxygen atoms in total. The second kappa shape index (κ2) is 7.38. The summed E-state index contributed by atoms with van der Waals surface area (Å²) >= 11 is 0. The first-order chi connectivity index (χ1) is 10.5. The molecule has 1 amide bonds. The highest BCUT2D eigenvalue weighted by Gasteiger charge is 2.30. The SMILES string of the molecule is CC(=O)c1cccc(OCC(O)CN2CCCC2C(N)=O)c1. The summed E-state index contributed by atoms with van der Waals surface area (Å²) in [5.74, 6) is 0.159. The molecule has 2 atom stereocenters. The molecule has 1 aromatic rings. The third-order valence-electron chi connectivity index (χ3n) is 3.82. The van der Waals surface area contributed by atoms with Crippen LogP contribution in [0.25, 0.3) is 0 Å². The fourth-order valence-corrected chi connectivity index (χ4v) is 2.69. The molecule has 0 aromatic heterocycles. The molecule has 1 aliphatic heterocycles. The van der Waals surface area contributed by atoms with Gasteiger partial charge in [0.1, 0.15) is 18.5 Å². The molecule has 2 rings (SSSR count).